The summed E-state index contributed by atoms with van der Waals surface area (Å²) >= 11 is 7.09. The van der Waals surface area contributed by atoms with Crippen molar-refractivity contribution in [3.05, 3.63) is 69.9 Å². The smallest absolute Gasteiger partial charge is 0.195 e. The van der Waals surface area contributed by atoms with E-state index in [1.54, 1.807) is 35.3 Å². The fraction of sp³-hybridized carbons (Fsp3) is 0. The standard InChI is InChI=1S/C15H10ClN3OS/c16-15-8-7-14(21-15)13(20)6-3-11-1-4-12(5-2-11)19-10-17-9-18-19/h1-10H/b6-3+. The molecule has 0 spiro atoms. The van der Waals surface area contributed by atoms with E-state index in [4.69, 9.17) is 11.6 Å². The molecule has 0 aliphatic carbocycles. The van der Waals surface area contributed by atoms with Crippen LogP contribution in [-0.4, -0.2) is 20.5 Å². The largest absolute Gasteiger partial charge is 0.288 e. The molecule has 0 unspecified atom stereocenters. The van der Waals surface area contributed by atoms with Gasteiger partial charge in [-0.3, -0.25) is 4.79 Å². The van der Waals surface area contributed by atoms with Crippen molar-refractivity contribution in [2.75, 3.05) is 0 Å². The monoisotopic (exact) mass is 315 g/mol. The van der Waals surface area contributed by atoms with Gasteiger partial charge in [-0.2, -0.15) is 5.10 Å². The van der Waals surface area contributed by atoms with Crippen molar-refractivity contribution in [2.45, 2.75) is 0 Å². The van der Waals surface area contributed by atoms with Crippen LogP contribution in [0.2, 0.25) is 4.34 Å². The Morgan fingerprint density at radius 1 is 1.19 bits per heavy atom. The average molecular weight is 316 g/mol. The average Bonchev–Trinajstić information content (AvgIpc) is 3.16. The van der Waals surface area contributed by atoms with E-state index in [-0.39, 0.29) is 5.78 Å². The summed E-state index contributed by atoms with van der Waals surface area (Å²) in [5.41, 5.74) is 1.86. The third-order valence-electron chi connectivity index (χ3n) is 2.82. The van der Waals surface area contributed by atoms with Crippen LogP contribution in [0.15, 0.2) is 55.1 Å². The van der Waals surface area contributed by atoms with Crippen LogP contribution in [0.25, 0.3) is 11.8 Å². The molecule has 21 heavy (non-hydrogen) atoms. The number of rotatable bonds is 4. The molecule has 6 heteroatoms. The maximum absolute atomic E-state index is 11.9. The van der Waals surface area contributed by atoms with E-state index in [1.165, 1.54) is 17.7 Å². The molecule has 3 rings (SSSR count). The summed E-state index contributed by atoms with van der Waals surface area (Å²) < 4.78 is 2.29. The van der Waals surface area contributed by atoms with E-state index in [9.17, 15) is 4.79 Å². The summed E-state index contributed by atoms with van der Waals surface area (Å²) in [5.74, 6) is -0.0488. The highest BCUT2D eigenvalue weighted by Crippen LogP contribution is 2.22. The molecule has 0 N–H and O–H groups in total. The lowest BCUT2D eigenvalue weighted by molar-refractivity contribution is 0.105. The molecule has 2 heterocycles. The molecule has 0 radical (unpaired) electrons. The van der Waals surface area contributed by atoms with Crippen molar-refractivity contribution in [1.82, 2.24) is 14.8 Å². The summed E-state index contributed by atoms with van der Waals surface area (Å²) in [4.78, 5) is 16.5. The van der Waals surface area contributed by atoms with E-state index < -0.39 is 0 Å². The summed E-state index contributed by atoms with van der Waals surface area (Å²) in [6, 6.07) is 11.1. The Hall–Kier alpha value is -2.24. The normalized spacial score (nSPS) is 11.1. The Labute approximate surface area is 130 Å². The van der Waals surface area contributed by atoms with Gasteiger partial charge in [0, 0.05) is 0 Å². The van der Waals surface area contributed by atoms with Crippen molar-refractivity contribution in [2.24, 2.45) is 0 Å². The molecule has 4 nitrogen and oxygen atoms in total. The van der Waals surface area contributed by atoms with Gasteiger partial charge < -0.3 is 0 Å². The van der Waals surface area contributed by atoms with Crippen LogP contribution in [0.5, 0.6) is 0 Å². The van der Waals surface area contributed by atoms with Gasteiger partial charge in [-0.05, 0) is 35.9 Å². The first-order valence-corrected chi connectivity index (χ1v) is 7.34. The molecule has 0 saturated carbocycles. The fourth-order valence-corrected chi connectivity index (χ4v) is 2.74. The highest BCUT2D eigenvalue weighted by molar-refractivity contribution is 7.18. The number of hydrogen-bond acceptors (Lipinski definition) is 4. The van der Waals surface area contributed by atoms with E-state index in [2.05, 4.69) is 10.1 Å². The molecule has 0 aliphatic heterocycles. The van der Waals surface area contributed by atoms with Crippen LogP contribution in [0, 0.1) is 0 Å². The van der Waals surface area contributed by atoms with Gasteiger partial charge in [-0.25, -0.2) is 9.67 Å². The first kappa shape index (κ1) is 13.7. The van der Waals surface area contributed by atoms with Crippen molar-refractivity contribution in [1.29, 1.82) is 0 Å². The van der Waals surface area contributed by atoms with E-state index in [0.717, 1.165) is 11.3 Å². The van der Waals surface area contributed by atoms with Crippen molar-refractivity contribution < 1.29 is 4.79 Å². The first-order chi connectivity index (χ1) is 10.2. The summed E-state index contributed by atoms with van der Waals surface area (Å²) in [6.07, 6.45) is 6.45. The molecule has 0 amide bonds. The highest BCUT2D eigenvalue weighted by Gasteiger charge is 2.04. The predicted octanol–water partition coefficient (Wildman–Crippen LogP) is 3.88. The number of nitrogens with zero attached hydrogens (tertiary/aromatic N) is 3. The number of carbonyl (C=O) groups is 1. The predicted molar refractivity (Wildman–Crippen MR) is 84.1 cm³/mol. The van der Waals surface area contributed by atoms with Crippen molar-refractivity contribution >= 4 is 34.8 Å². The van der Waals surface area contributed by atoms with Gasteiger partial charge in [0.05, 0.1) is 14.9 Å². The Morgan fingerprint density at radius 2 is 2.00 bits per heavy atom. The quantitative estimate of drug-likeness (QED) is 0.542. The molecular weight excluding hydrogens is 306 g/mol. The van der Waals surface area contributed by atoms with Gasteiger partial charge >= 0.3 is 0 Å². The molecule has 3 aromatic rings. The number of halogens is 1. The van der Waals surface area contributed by atoms with E-state index in [0.29, 0.717) is 9.21 Å². The maximum Gasteiger partial charge on any atom is 0.195 e. The second kappa shape index (κ2) is 6.03. The molecule has 0 atom stereocenters. The molecule has 0 aliphatic rings. The number of thiophene rings is 1. The van der Waals surface area contributed by atoms with Crippen LogP contribution in [0.1, 0.15) is 15.2 Å². The second-order valence-electron chi connectivity index (χ2n) is 4.23. The zero-order valence-corrected chi connectivity index (χ0v) is 12.4. The minimum Gasteiger partial charge on any atom is -0.288 e. The van der Waals surface area contributed by atoms with Crippen LogP contribution in [0.3, 0.4) is 0 Å². The SMILES string of the molecule is O=C(/C=C/c1ccc(-n2cncn2)cc1)c1ccc(Cl)s1. The van der Waals surface area contributed by atoms with Gasteiger partial charge in [-0.15, -0.1) is 11.3 Å². The number of carbonyl (C=O) groups excluding carboxylic acids is 1. The molecule has 0 bridgehead atoms. The van der Waals surface area contributed by atoms with Crippen molar-refractivity contribution in [3.63, 3.8) is 0 Å². The van der Waals surface area contributed by atoms with Crippen LogP contribution < -0.4 is 0 Å². The Kier molecular flexibility index (Phi) is 3.94. The Balaban J connectivity index is 1.73. The second-order valence-corrected chi connectivity index (χ2v) is 5.95. The van der Waals surface area contributed by atoms with Gasteiger partial charge in [0.2, 0.25) is 0 Å². The summed E-state index contributed by atoms with van der Waals surface area (Å²) in [5, 5.41) is 4.05. The molecule has 104 valence electrons. The van der Waals surface area contributed by atoms with Crippen molar-refractivity contribution in [3.8, 4) is 5.69 Å². The van der Waals surface area contributed by atoms with E-state index in [1.807, 2.05) is 24.3 Å². The lowest BCUT2D eigenvalue weighted by Gasteiger charge is -2.00. The molecule has 2 aromatic heterocycles. The lowest BCUT2D eigenvalue weighted by Crippen LogP contribution is -1.93. The number of aromatic nitrogens is 3. The van der Waals surface area contributed by atoms with E-state index >= 15 is 0 Å². The lowest BCUT2D eigenvalue weighted by atomic mass is 10.1. The van der Waals surface area contributed by atoms with Crippen LogP contribution in [-0.2, 0) is 0 Å². The number of ketones is 1. The minimum absolute atomic E-state index is 0.0488. The Morgan fingerprint density at radius 3 is 2.62 bits per heavy atom. The van der Waals surface area contributed by atoms with Crippen LogP contribution in [0.4, 0.5) is 0 Å². The summed E-state index contributed by atoms with van der Waals surface area (Å²) in [7, 11) is 0. The third-order valence-corrected chi connectivity index (χ3v) is 4.07. The van der Waals surface area contributed by atoms with Crippen LogP contribution >= 0.6 is 22.9 Å². The molecule has 0 saturated heterocycles. The number of benzene rings is 1. The molecule has 1 aromatic carbocycles. The van der Waals surface area contributed by atoms with Gasteiger partial charge in [-0.1, -0.05) is 29.8 Å². The van der Waals surface area contributed by atoms with Gasteiger partial charge in [0.1, 0.15) is 12.7 Å². The number of hydrogen-bond donors (Lipinski definition) is 0. The third kappa shape index (κ3) is 3.26. The molecule has 0 fully saturated rings. The molecular formula is C15H10ClN3OS. The van der Waals surface area contributed by atoms with Gasteiger partial charge in [0.25, 0.3) is 0 Å². The maximum atomic E-state index is 11.9. The highest BCUT2D eigenvalue weighted by atomic mass is 35.5. The zero-order chi connectivity index (χ0) is 14.7. The summed E-state index contributed by atoms with van der Waals surface area (Å²) in [6.45, 7) is 0. The fourth-order valence-electron chi connectivity index (χ4n) is 1.78. The first-order valence-electron chi connectivity index (χ1n) is 6.15. The zero-order valence-electron chi connectivity index (χ0n) is 10.8. The Bertz CT molecular complexity index is 776. The topological polar surface area (TPSA) is 47.8 Å². The minimum atomic E-state index is -0.0488. The number of allylic oxidation sites excluding steroid dienone is 1. The van der Waals surface area contributed by atoms with Gasteiger partial charge in [0.15, 0.2) is 5.78 Å².